The number of rotatable bonds is 43. The molecule has 6 heteroatoms. The largest absolute Gasteiger partial charge is 0.462 e. The average molecular weight is 793 g/mol. The van der Waals surface area contributed by atoms with Gasteiger partial charge in [0.1, 0.15) is 13.2 Å². The minimum absolute atomic E-state index is 0.0666. The molecule has 0 saturated heterocycles. The van der Waals surface area contributed by atoms with E-state index in [9.17, 15) is 14.4 Å². The summed E-state index contributed by atoms with van der Waals surface area (Å²) in [4.78, 5) is 37.7. The van der Waals surface area contributed by atoms with Gasteiger partial charge in [0.25, 0.3) is 0 Å². The molecule has 0 fully saturated rings. The Kier molecular flexibility index (Phi) is 40.4. The first-order valence-corrected chi connectivity index (χ1v) is 24.6. The first-order valence-electron chi connectivity index (χ1n) is 24.6. The first-order chi connectivity index (χ1) is 27.1. The van der Waals surface area contributed by atoms with Crippen LogP contribution in [0.4, 0.5) is 0 Å². The molecule has 0 amide bonds. The predicted molar refractivity (Wildman–Crippen MR) is 238 cm³/mol. The standard InChI is InChI=1S/C50H96O6/c1-7-46(6)38-32-26-21-23-29-35-41-50(53)56-47(43-55-49(52)40-34-28-22-20-25-31-37-45(4)5)42-54-48(51)39-33-27-19-17-15-13-11-9-8-10-12-14-16-18-24-30-36-44(2)3/h44-47H,7-43H2,1-6H3/t46?,47-/m1/s1. The highest BCUT2D eigenvalue weighted by Crippen LogP contribution is 2.18. The van der Waals surface area contributed by atoms with E-state index in [0.717, 1.165) is 75.5 Å². The van der Waals surface area contributed by atoms with Gasteiger partial charge in [-0.05, 0) is 37.0 Å². The summed E-state index contributed by atoms with van der Waals surface area (Å²) in [5, 5.41) is 0. The van der Waals surface area contributed by atoms with E-state index >= 15 is 0 Å². The molecule has 6 nitrogen and oxygen atoms in total. The number of ether oxygens (including phenoxy) is 3. The summed E-state index contributed by atoms with van der Waals surface area (Å²) < 4.78 is 16.7. The molecule has 1 unspecified atom stereocenters. The fraction of sp³-hybridized carbons (Fsp3) is 0.940. The minimum atomic E-state index is -0.763. The second-order valence-electron chi connectivity index (χ2n) is 18.3. The van der Waals surface area contributed by atoms with E-state index in [1.165, 1.54) is 148 Å². The van der Waals surface area contributed by atoms with Crippen LogP contribution in [0.3, 0.4) is 0 Å². The second kappa shape index (κ2) is 41.6. The Morgan fingerprint density at radius 1 is 0.357 bits per heavy atom. The third kappa shape index (κ3) is 42.0. The van der Waals surface area contributed by atoms with E-state index in [1.54, 1.807) is 0 Å². The number of hydrogen-bond donors (Lipinski definition) is 0. The van der Waals surface area contributed by atoms with Gasteiger partial charge < -0.3 is 14.2 Å². The van der Waals surface area contributed by atoms with Crippen LogP contribution in [0, 0.1) is 17.8 Å². The minimum Gasteiger partial charge on any atom is -0.462 e. The van der Waals surface area contributed by atoms with E-state index in [-0.39, 0.29) is 31.1 Å². The molecular weight excluding hydrogens is 697 g/mol. The number of carbonyl (C=O) groups excluding carboxylic acids is 3. The van der Waals surface area contributed by atoms with Crippen LogP contribution in [0.15, 0.2) is 0 Å². The van der Waals surface area contributed by atoms with Crippen molar-refractivity contribution in [3.63, 3.8) is 0 Å². The molecule has 0 saturated carbocycles. The molecule has 0 radical (unpaired) electrons. The van der Waals surface area contributed by atoms with Gasteiger partial charge in [0.15, 0.2) is 6.10 Å². The van der Waals surface area contributed by atoms with Gasteiger partial charge in [0.05, 0.1) is 0 Å². The summed E-state index contributed by atoms with van der Waals surface area (Å²) in [5.74, 6) is 1.56. The van der Waals surface area contributed by atoms with Crippen molar-refractivity contribution in [2.24, 2.45) is 17.8 Å². The van der Waals surface area contributed by atoms with Crippen LogP contribution >= 0.6 is 0 Å². The summed E-state index contributed by atoms with van der Waals surface area (Å²) in [5.41, 5.74) is 0. The predicted octanol–water partition coefficient (Wildman–Crippen LogP) is 15.6. The fourth-order valence-electron chi connectivity index (χ4n) is 7.38. The summed E-state index contributed by atoms with van der Waals surface area (Å²) >= 11 is 0. The van der Waals surface area contributed by atoms with Crippen LogP contribution in [-0.4, -0.2) is 37.2 Å². The molecule has 332 valence electrons. The number of esters is 3. The van der Waals surface area contributed by atoms with Crippen molar-refractivity contribution in [2.45, 2.75) is 272 Å². The third-order valence-electron chi connectivity index (χ3n) is 11.5. The van der Waals surface area contributed by atoms with Gasteiger partial charge in [-0.1, -0.05) is 228 Å². The van der Waals surface area contributed by atoms with Gasteiger partial charge in [0.2, 0.25) is 0 Å². The van der Waals surface area contributed by atoms with Crippen LogP contribution in [0.5, 0.6) is 0 Å². The number of carbonyl (C=O) groups is 3. The van der Waals surface area contributed by atoms with Crippen LogP contribution in [0.2, 0.25) is 0 Å². The maximum Gasteiger partial charge on any atom is 0.306 e. The van der Waals surface area contributed by atoms with Crippen molar-refractivity contribution in [3.05, 3.63) is 0 Å². The van der Waals surface area contributed by atoms with E-state index in [2.05, 4.69) is 41.5 Å². The molecule has 0 spiro atoms. The lowest BCUT2D eigenvalue weighted by molar-refractivity contribution is -0.167. The van der Waals surface area contributed by atoms with Gasteiger partial charge in [-0.2, -0.15) is 0 Å². The maximum atomic E-state index is 12.7. The lowest BCUT2D eigenvalue weighted by Crippen LogP contribution is -2.30. The Hall–Kier alpha value is -1.59. The Morgan fingerprint density at radius 2 is 0.625 bits per heavy atom. The van der Waals surface area contributed by atoms with E-state index in [4.69, 9.17) is 14.2 Å². The Morgan fingerprint density at radius 3 is 0.929 bits per heavy atom. The Labute approximate surface area is 348 Å². The van der Waals surface area contributed by atoms with Gasteiger partial charge in [0, 0.05) is 19.3 Å². The zero-order valence-electron chi connectivity index (χ0n) is 38.4. The third-order valence-corrected chi connectivity index (χ3v) is 11.5. The zero-order chi connectivity index (χ0) is 41.3. The van der Waals surface area contributed by atoms with Crippen molar-refractivity contribution in [1.29, 1.82) is 0 Å². The molecule has 0 aromatic rings. The van der Waals surface area contributed by atoms with Gasteiger partial charge in [-0.15, -0.1) is 0 Å². The number of unbranched alkanes of at least 4 members (excludes halogenated alkanes) is 25. The lowest BCUT2D eigenvalue weighted by Gasteiger charge is -2.18. The maximum absolute atomic E-state index is 12.7. The summed E-state index contributed by atoms with van der Waals surface area (Å²) in [6.07, 6.45) is 39.7. The van der Waals surface area contributed by atoms with E-state index < -0.39 is 6.10 Å². The molecular formula is C50H96O6. The Bertz CT molecular complexity index is 870. The molecule has 0 heterocycles. The second-order valence-corrected chi connectivity index (χ2v) is 18.3. The molecule has 0 aromatic carbocycles. The van der Waals surface area contributed by atoms with Gasteiger partial charge in [-0.25, -0.2) is 0 Å². The molecule has 0 aliphatic carbocycles. The molecule has 0 N–H and O–H groups in total. The van der Waals surface area contributed by atoms with Crippen molar-refractivity contribution in [1.82, 2.24) is 0 Å². The average Bonchev–Trinajstić information content (AvgIpc) is 3.16. The van der Waals surface area contributed by atoms with Crippen molar-refractivity contribution >= 4 is 17.9 Å². The molecule has 0 aliphatic rings. The first kappa shape index (κ1) is 54.4. The van der Waals surface area contributed by atoms with E-state index in [0.29, 0.717) is 19.3 Å². The topological polar surface area (TPSA) is 78.9 Å². The smallest absolute Gasteiger partial charge is 0.306 e. The van der Waals surface area contributed by atoms with Crippen LogP contribution in [0.1, 0.15) is 266 Å². The molecule has 0 aromatic heterocycles. The van der Waals surface area contributed by atoms with Crippen molar-refractivity contribution in [3.8, 4) is 0 Å². The lowest BCUT2D eigenvalue weighted by atomic mass is 10.00. The molecule has 0 aliphatic heterocycles. The molecule has 56 heavy (non-hydrogen) atoms. The molecule has 0 rings (SSSR count). The molecule has 0 bridgehead atoms. The van der Waals surface area contributed by atoms with E-state index in [1.807, 2.05) is 0 Å². The van der Waals surface area contributed by atoms with Crippen molar-refractivity contribution in [2.75, 3.05) is 13.2 Å². The highest BCUT2D eigenvalue weighted by atomic mass is 16.6. The summed E-state index contributed by atoms with van der Waals surface area (Å²) in [6.45, 7) is 13.6. The summed E-state index contributed by atoms with van der Waals surface area (Å²) in [6, 6.07) is 0. The summed E-state index contributed by atoms with van der Waals surface area (Å²) in [7, 11) is 0. The number of hydrogen-bond acceptors (Lipinski definition) is 6. The van der Waals surface area contributed by atoms with Gasteiger partial charge >= 0.3 is 17.9 Å². The van der Waals surface area contributed by atoms with Gasteiger partial charge in [-0.3, -0.25) is 14.4 Å². The van der Waals surface area contributed by atoms with Crippen LogP contribution in [-0.2, 0) is 28.6 Å². The highest BCUT2D eigenvalue weighted by molar-refractivity contribution is 5.71. The normalized spacial score (nSPS) is 12.6. The molecule has 2 atom stereocenters. The monoisotopic (exact) mass is 793 g/mol. The van der Waals surface area contributed by atoms with Crippen LogP contribution in [0.25, 0.3) is 0 Å². The van der Waals surface area contributed by atoms with Crippen LogP contribution < -0.4 is 0 Å². The quantitative estimate of drug-likeness (QED) is 0.0348. The zero-order valence-corrected chi connectivity index (χ0v) is 38.4. The highest BCUT2D eigenvalue weighted by Gasteiger charge is 2.19. The Balaban J connectivity index is 4.21. The fourth-order valence-corrected chi connectivity index (χ4v) is 7.38. The SMILES string of the molecule is CCC(C)CCCCCCCCC(=O)O[C@H](COC(=O)CCCCCCCCCCCCCCCCCCC(C)C)COC(=O)CCCCCCCCC(C)C. The van der Waals surface area contributed by atoms with Crippen molar-refractivity contribution < 1.29 is 28.6 Å².